The first-order valence-corrected chi connectivity index (χ1v) is 4.26. The van der Waals surface area contributed by atoms with Gasteiger partial charge in [0.2, 0.25) is 5.88 Å². The molecule has 0 amide bonds. The number of benzene rings is 1. The molecule has 0 aliphatic heterocycles. The fraction of sp³-hybridized carbons (Fsp3) is 0.100. The molecule has 1 aromatic carbocycles. The van der Waals surface area contributed by atoms with Crippen LogP contribution in [0.15, 0.2) is 22.7 Å². The Labute approximate surface area is 84.5 Å². The quantitative estimate of drug-likeness (QED) is 0.786. The molecule has 2 N–H and O–H groups in total. The van der Waals surface area contributed by atoms with E-state index in [0.717, 1.165) is 0 Å². The number of nitrogens with zero attached hydrogens (tertiary/aromatic N) is 1. The summed E-state index contributed by atoms with van der Waals surface area (Å²) in [6.45, 7) is 1.37. The van der Waals surface area contributed by atoms with Gasteiger partial charge in [0.05, 0.1) is 0 Å². The van der Waals surface area contributed by atoms with Crippen LogP contribution in [0.3, 0.4) is 0 Å². The summed E-state index contributed by atoms with van der Waals surface area (Å²) >= 11 is 0. The first kappa shape index (κ1) is 9.64. The molecular formula is C10H8F2N2O. The summed E-state index contributed by atoms with van der Waals surface area (Å²) in [7, 11) is 0. The lowest BCUT2D eigenvalue weighted by Gasteiger charge is -2.01. The van der Waals surface area contributed by atoms with E-state index in [1.54, 1.807) is 0 Å². The van der Waals surface area contributed by atoms with Gasteiger partial charge in [-0.25, -0.2) is 8.78 Å². The molecule has 0 aliphatic rings. The largest absolute Gasteiger partial charge is 0.368 e. The maximum Gasteiger partial charge on any atom is 0.222 e. The smallest absolute Gasteiger partial charge is 0.222 e. The Balaban J connectivity index is 2.55. The van der Waals surface area contributed by atoms with Crippen LogP contribution in [0.5, 0.6) is 0 Å². The molecule has 2 aromatic rings. The van der Waals surface area contributed by atoms with E-state index >= 15 is 0 Å². The molecule has 1 aromatic heterocycles. The highest BCUT2D eigenvalue weighted by Gasteiger charge is 2.10. The summed E-state index contributed by atoms with van der Waals surface area (Å²) < 4.78 is 31.0. The summed E-state index contributed by atoms with van der Waals surface area (Å²) in [4.78, 5) is 0. The zero-order chi connectivity index (χ0) is 11.0. The van der Waals surface area contributed by atoms with Crippen LogP contribution in [0, 0.1) is 18.6 Å². The van der Waals surface area contributed by atoms with E-state index in [1.165, 1.54) is 25.1 Å². The molecular weight excluding hydrogens is 202 g/mol. The van der Waals surface area contributed by atoms with Crippen molar-refractivity contribution in [2.24, 2.45) is 0 Å². The predicted octanol–water partition coefficient (Wildman–Crippen LogP) is 2.51. The highest BCUT2D eigenvalue weighted by atomic mass is 19.1. The van der Waals surface area contributed by atoms with E-state index in [-0.39, 0.29) is 11.4 Å². The third-order valence-electron chi connectivity index (χ3n) is 2.11. The zero-order valence-corrected chi connectivity index (χ0v) is 7.92. The number of halogens is 2. The Morgan fingerprint density at radius 1 is 1.20 bits per heavy atom. The molecule has 78 valence electrons. The van der Waals surface area contributed by atoms with Gasteiger partial charge in [-0.2, -0.15) is 0 Å². The highest BCUT2D eigenvalue weighted by molar-refractivity contribution is 5.61. The third kappa shape index (κ3) is 1.68. The average Bonchev–Trinajstić information content (AvgIpc) is 2.60. The monoisotopic (exact) mass is 210 g/mol. The molecule has 1 heterocycles. The van der Waals surface area contributed by atoms with Gasteiger partial charge >= 0.3 is 0 Å². The van der Waals surface area contributed by atoms with Crippen molar-refractivity contribution in [1.82, 2.24) is 5.16 Å². The molecule has 0 saturated carbocycles. The van der Waals surface area contributed by atoms with Crippen molar-refractivity contribution in [3.63, 3.8) is 0 Å². The van der Waals surface area contributed by atoms with E-state index in [2.05, 4.69) is 9.68 Å². The minimum Gasteiger partial charge on any atom is -0.368 e. The number of anilines is 1. The Morgan fingerprint density at radius 3 is 2.27 bits per heavy atom. The van der Waals surface area contributed by atoms with Crippen molar-refractivity contribution in [3.05, 3.63) is 35.4 Å². The Morgan fingerprint density at radius 2 is 1.80 bits per heavy atom. The molecule has 0 fully saturated rings. The Kier molecular flexibility index (Phi) is 2.15. The zero-order valence-electron chi connectivity index (χ0n) is 7.92. The van der Waals surface area contributed by atoms with Gasteiger partial charge in [-0.15, -0.1) is 0 Å². The molecule has 0 unspecified atom stereocenters. The van der Waals surface area contributed by atoms with Crippen molar-refractivity contribution < 1.29 is 13.3 Å². The molecule has 15 heavy (non-hydrogen) atoms. The van der Waals surface area contributed by atoms with Crippen molar-refractivity contribution in [2.75, 3.05) is 5.73 Å². The second-order valence-electron chi connectivity index (χ2n) is 3.18. The lowest BCUT2D eigenvalue weighted by Crippen LogP contribution is -1.90. The molecule has 5 heteroatoms. The SMILES string of the molecule is Cc1c(F)cc(-c2cc(N)on2)cc1F. The van der Waals surface area contributed by atoms with E-state index in [4.69, 9.17) is 5.73 Å². The van der Waals surface area contributed by atoms with Gasteiger partial charge in [0, 0.05) is 17.2 Å². The highest BCUT2D eigenvalue weighted by Crippen LogP contribution is 2.24. The summed E-state index contributed by atoms with van der Waals surface area (Å²) in [5.74, 6) is -1.13. The minimum absolute atomic E-state index is 0.0183. The van der Waals surface area contributed by atoms with Crippen LogP contribution in [0.4, 0.5) is 14.7 Å². The Bertz CT molecular complexity index is 485. The van der Waals surface area contributed by atoms with Crippen LogP contribution in [-0.4, -0.2) is 5.16 Å². The molecule has 0 atom stereocenters. The van der Waals surface area contributed by atoms with Crippen LogP contribution in [0.1, 0.15) is 5.56 Å². The maximum atomic E-state index is 13.2. The average molecular weight is 210 g/mol. The van der Waals surface area contributed by atoms with Crippen LogP contribution < -0.4 is 5.73 Å². The van der Waals surface area contributed by atoms with E-state index < -0.39 is 11.6 Å². The summed E-state index contributed by atoms with van der Waals surface area (Å²) in [6, 6.07) is 3.79. The number of nitrogen functional groups attached to an aromatic ring is 1. The number of rotatable bonds is 1. The number of aromatic nitrogens is 1. The standard InChI is InChI=1S/C10H8F2N2O/c1-5-7(11)2-6(3-8(5)12)9-4-10(13)15-14-9/h2-4H,13H2,1H3. The van der Waals surface area contributed by atoms with Crippen molar-refractivity contribution in [2.45, 2.75) is 6.92 Å². The van der Waals surface area contributed by atoms with Gasteiger partial charge in [-0.3, -0.25) is 0 Å². The lowest BCUT2D eigenvalue weighted by atomic mass is 10.1. The fourth-order valence-electron chi connectivity index (χ4n) is 1.22. The van der Waals surface area contributed by atoms with Crippen LogP contribution in [0.25, 0.3) is 11.3 Å². The molecule has 0 spiro atoms. The van der Waals surface area contributed by atoms with E-state index in [1.807, 2.05) is 0 Å². The Hall–Kier alpha value is -1.91. The second-order valence-corrected chi connectivity index (χ2v) is 3.18. The lowest BCUT2D eigenvalue weighted by molar-refractivity contribution is 0.439. The van der Waals surface area contributed by atoms with Crippen molar-refractivity contribution in [3.8, 4) is 11.3 Å². The summed E-state index contributed by atoms with van der Waals surface area (Å²) in [6.07, 6.45) is 0. The molecule has 0 bridgehead atoms. The molecule has 0 saturated heterocycles. The normalized spacial score (nSPS) is 10.6. The molecule has 2 rings (SSSR count). The van der Waals surface area contributed by atoms with Gasteiger partial charge < -0.3 is 10.3 Å². The van der Waals surface area contributed by atoms with Gasteiger partial charge in [0.1, 0.15) is 17.3 Å². The molecule has 0 radical (unpaired) electrons. The van der Waals surface area contributed by atoms with Crippen molar-refractivity contribution >= 4 is 5.88 Å². The number of hydrogen-bond acceptors (Lipinski definition) is 3. The van der Waals surface area contributed by atoms with Crippen LogP contribution in [-0.2, 0) is 0 Å². The first-order chi connectivity index (χ1) is 7.08. The van der Waals surface area contributed by atoms with Crippen LogP contribution >= 0.6 is 0 Å². The molecule has 0 aliphatic carbocycles. The van der Waals surface area contributed by atoms with Crippen LogP contribution in [0.2, 0.25) is 0 Å². The van der Waals surface area contributed by atoms with E-state index in [0.29, 0.717) is 11.3 Å². The van der Waals surface area contributed by atoms with Gasteiger partial charge in [-0.1, -0.05) is 5.16 Å². The van der Waals surface area contributed by atoms with Gasteiger partial charge in [0.25, 0.3) is 0 Å². The summed E-state index contributed by atoms with van der Waals surface area (Å²) in [5, 5.41) is 3.56. The maximum absolute atomic E-state index is 13.2. The molecule has 3 nitrogen and oxygen atoms in total. The third-order valence-corrected chi connectivity index (χ3v) is 2.11. The van der Waals surface area contributed by atoms with Gasteiger partial charge in [-0.05, 0) is 19.1 Å². The number of hydrogen-bond donors (Lipinski definition) is 1. The summed E-state index contributed by atoms with van der Waals surface area (Å²) in [5.41, 5.74) is 5.90. The van der Waals surface area contributed by atoms with Gasteiger partial charge in [0.15, 0.2) is 0 Å². The first-order valence-electron chi connectivity index (χ1n) is 4.26. The minimum atomic E-state index is -0.619. The topological polar surface area (TPSA) is 52.0 Å². The van der Waals surface area contributed by atoms with E-state index in [9.17, 15) is 8.78 Å². The number of nitrogens with two attached hydrogens (primary N) is 1. The predicted molar refractivity (Wildman–Crippen MR) is 51.0 cm³/mol. The second kappa shape index (κ2) is 3.34. The van der Waals surface area contributed by atoms with Crippen molar-refractivity contribution in [1.29, 1.82) is 0 Å². The fourth-order valence-corrected chi connectivity index (χ4v) is 1.22.